The quantitative estimate of drug-likeness (QED) is 0.714. The van der Waals surface area contributed by atoms with E-state index in [0.29, 0.717) is 5.56 Å². The Bertz CT molecular complexity index is 818. The van der Waals surface area contributed by atoms with E-state index < -0.39 is 0 Å². The fourth-order valence-corrected chi connectivity index (χ4v) is 2.35. The summed E-state index contributed by atoms with van der Waals surface area (Å²) >= 11 is 0. The lowest BCUT2D eigenvalue weighted by molar-refractivity contribution is -0.135. The molecule has 0 aliphatic carbocycles. The molecular weight excluding hydrogens is 292 g/mol. The fraction of sp³-hybridized carbons (Fsp3) is 0.105. The minimum atomic E-state index is -0.362. The van der Waals surface area contributed by atoms with Gasteiger partial charge in [-0.2, -0.15) is 0 Å². The van der Waals surface area contributed by atoms with Gasteiger partial charge in [-0.3, -0.25) is 4.79 Å². The van der Waals surface area contributed by atoms with Crippen molar-refractivity contribution in [3.8, 4) is 33.9 Å². The summed E-state index contributed by atoms with van der Waals surface area (Å²) < 4.78 is 10.8. The number of carbonyl (C=O) groups is 1. The van der Waals surface area contributed by atoms with E-state index in [1.165, 1.54) is 6.26 Å². The van der Waals surface area contributed by atoms with Gasteiger partial charge in [-0.25, -0.2) is 0 Å². The van der Waals surface area contributed by atoms with Crippen LogP contribution in [0.2, 0.25) is 0 Å². The highest BCUT2D eigenvalue weighted by atomic mass is 16.6. The lowest BCUT2D eigenvalue weighted by Crippen LogP contribution is -2.05. The number of aromatic hydroxyl groups is 1. The van der Waals surface area contributed by atoms with Crippen LogP contribution < -0.4 is 4.74 Å². The third-order valence-corrected chi connectivity index (χ3v) is 3.47. The summed E-state index contributed by atoms with van der Waals surface area (Å²) in [5.41, 5.74) is 3.11. The molecule has 0 unspecified atom stereocenters. The standard InChI is InChI=1S/C19H16O4/c1-2-17(21)23-19-18(13-7-4-3-5-8-13)16(12-22-19)14-9-6-10-15(20)11-14/h3-12,20H,2H2,1H3. The summed E-state index contributed by atoms with van der Waals surface area (Å²) in [6.45, 7) is 1.73. The number of ether oxygens (including phenoxy) is 1. The molecule has 0 radical (unpaired) electrons. The Balaban J connectivity index is 2.15. The number of carbonyl (C=O) groups excluding carboxylic acids is 1. The SMILES string of the molecule is CCC(=O)Oc1occ(-c2cccc(O)c2)c1-c1ccccc1. The summed E-state index contributed by atoms with van der Waals surface area (Å²) in [6.07, 6.45) is 1.80. The van der Waals surface area contributed by atoms with Gasteiger partial charge in [0.15, 0.2) is 0 Å². The van der Waals surface area contributed by atoms with E-state index in [-0.39, 0.29) is 24.1 Å². The van der Waals surface area contributed by atoms with Crippen LogP contribution in [0.4, 0.5) is 0 Å². The molecule has 0 aliphatic heterocycles. The molecule has 0 aliphatic rings. The minimum Gasteiger partial charge on any atom is -0.508 e. The first-order chi connectivity index (χ1) is 11.2. The van der Waals surface area contributed by atoms with Gasteiger partial charge in [-0.1, -0.05) is 49.4 Å². The summed E-state index contributed by atoms with van der Waals surface area (Å²) in [7, 11) is 0. The molecule has 1 N–H and O–H groups in total. The van der Waals surface area contributed by atoms with Gasteiger partial charge < -0.3 is 14.3 Å². The minimum absolute atomic E-state index is 0.162. The van der Waals surface area contributed by atoms with E-state index in [2.05, 4.69) is 0 Å². The van der Waals surface area contributed by atoms with Crippen LogP contribution in [0.1, 0.15) is 13.3 Å². The lowest BCUT2D eigenvalue weighted by atomic mass is 9.98. The Morgan fingerprint density at radius 2 is 1.83 bits per heavy atom. The highest BCUT2D eigenvalue weighted by Crippen LogP contribution is 2.41. The number of phenolic OH excluding ortho intramolecular Hbond substituents is 1. The van der Waals surface area contributed by atoms with Crippen molar-refractivity contribution in [3.05, 3.63) is 60.9 Å². The molecule has 0 spiro atoms. The van der Waals surface area contributed by atoms with E-state index in [1.54, 1.807) is 25.1 Å². The van der Waals surface area contributed by atoms with E-state index >= 15 is 0 Å². The van der Waals surface area contributed by atoms with Gasteiger partial charge >= 0.3 is 11.9 Å². The van der Waals surface area contributed by atoms with E-state index in [9.17, 15) is 9.90 Å². The summed E-state index contributed by atoms with van der Waals surface area (Å²) in [6, 6.07) is 16.4. The number of furan rings is 1. The smallest absolute Gasteiger partial charge is 0.313 e. The van der Waals surface area contributed by atoms with Gasteiger partial charge in [0.1, 0.15) is 12.0 Å². The molecule has 3 rings (SSSR count). The first-order valence-corrected chi connectivity index (χ1v) is 7.36. The van der Waals surface area contributed by atoms with Crippen LogP contribution in [0.3, 0.4) is 0 Å². The molecule has 0 atom stereocenters. The highest BCUT2D eigenvalue weighted by molar-refractivity contribution is 5.88. The molecule has 1 aromatic heterocycles. The van der Waals surface area contributed by atoms with Crippen LogP contribution in [0.15, 0.2) is 65.3 Å². The third kappa shape index (κ3) is 3.11. The number of rotatable bonds is 4. The number of hydrogen-bond acceptors (Lipinski definition) is 4. The molecule has 23 heavy (non-hydrogen) atoms. The molecule has 3 aromatic rings. The number of benzene rings is 2. The van der Waals surface area contributed by atoms with Gasteiger partial charge in [-0.05, 0) is 23.3 Å². The van der Waals surface area contributed by atoms with Crippen LogP contribution >= 0.6 is 0 Å². The van der Waals surface area contributed by atoms with E-state index in [1.807, 2.05) is 36.4 Å². The van der Waals surface area contributed by atoms with Crippen LogP contribution in [0, 0.1) is 0 Å². The second kappa shape index (κ2) is 6.40. The first kappa shape index (κ1) is 14.9. The second-order valence-electron chi connectivity index (χ2n) is 5.06. The van der Waals surface area contributed by atoms with E-state index in [4.69, 9.17) is 9.15 Å². The third-order valence-electron chi connectivity index (χ3n) is 3.47. The molecule has 1 heterocycles. The Morgan fingerprint density at radius 1 is 1.09 bits per heavy atom. The van der Waals surface area contributed by atoms with Gasteiger partial charge in [0, 0.05) is 12.0 Å². The lowest BCUT2D eigenvalue weighted by Gasteiger charge is -2.07. The summed E-state index contributed by atoms with van der Waals surface area (Å²) in [5, 5.41) is 9.71. The summed E-state index contributed by atoms with van der Waals surface area (Å²) in [5.74, 6) is -0.0322. The molecular formula is C19H16O4. The molecule has 4 nitrogen and oxygen atoms in total. The molecule has 0 amide bonds. The molecule has 116 valence electrons. The zero-order valence-electron chi connectivity index (χ0n) is 12.7. The van der Waals surface area contributed by atoms with Crippen molar-refractivity contribution in [2.75, 3.05) is 0 Å². The first-order valence-electron chi connectivity index (χ1n) is 7.36. The Kier molecular flexibility index (Phi) is 4.15. The topological polar surface area (TPSA) is 59.7 Å². The maximum Gasteiger partial charge on any atom is 0.313 e. The predicted octanol–water partition coefficient (Wildman–Crippen LogP) is 4.63. The van der Waals surface area contributed by atoms with Crippen molar-refractivity contribution < 1.29 is 19.1 Å². The van der Waals surface area contributed by atoms with Crippen LogP contribution in [-0.4, -0.2) is 11.1 Å². The van der Waals surface area contributed by atoms with Gasteiger partial charge in [0.2, 0.25) is 0 Å². The predicted molar refractivity (Wildman–Crippen MR) is 87.2 cm³/mol. The molecule has 0 saturated carbocycles. The number of esters is 1. The largest absolute Gasteiger partial charge is 0.508 e. The average Bonchev–Trinajstić information content (AvgIpc) is 2.99. The van der Waals surface area contributed by atoms with Gasteiger partial charge in [0.25, 0.3) is 0 Å². The molecule has 0 saturated heterocycles. The molecule has 0 bridgehead atoms. The highest BCUT2D eigenvalue weighted by Gasteiger charge is 2.20. The molecule has 4 heteroatoms. The van der Waals surface area contributed by atoms with Crippen molar-refractivity contribution >= 4 is 5.97 Å². The molecule has 2 aromatic carbocycles. The Morgan fingerprint density at radius 3 is 2.52 bits per heavy atom. The summed E-state index contributed by atoms with van der Waals surface area (Å²) in [4.78, 5) is 11.6. The van der Waals surface area contributed by atoms with Crippen molar-refractivity contribution in [1.29, 1.82) is 0 Å². The van der Waals surface area contributed by atoms with Crippen LogP contribution in [0.25, 0.3) is 22.3 Å². The van der Waals surface area contributed by atoms with Crippen LogP contribution in [-0.2, 0) is 4.79 Å². The number of phenols is 1. The van der Waals surface area contributed by atoms with E-state index in [0.717, 1.165) is 16.7 Å². The zero-order chi connectivity index (χ0) is 16.2. The van der Waals surface area contributed by atoms with Gasteiger partial charge in [-0.15, -0.1) is 0 Å². The zero-order valence-corrected chi connectivity index (χ0v) is 12.7. The monoisotopic (exact) mass is 308 g/mol. The van der Waals surface area contributed by atoms with Crippen LogP contribution in [0.5, 0.6) is 11.7 Å². The fourth-order valence-electron chi connectivity index (χ4n) is 2.35. The Labute approximate surface area is 134 Å². The van der Waals surface area contributed by atoms with Crippen molar-refractivity contribution in [2.45, 2.75) is 13.3 Å². The maximum absolute atomic E-state index is 11.6. The average molecular weight is 308 g/mol. The van der Waals surface area contributed by atoms with Crippen molar-refractivity contribution in [1.82, 2.24) is 0 Å². The van der Waals surface area contributed by atoms with Gasteiger partial charge in [0.05, 0.1) is 5.56 Å². The van der Waals surface area contributed by atoms with Crippen molar-refractivity contribution in [3.63, 3.8) is 0 Å². The second-order valence-corrected chi connectivity index (χ2v) is 5.06. The van der Waals surface area contributed by atoms with Crippen molar-refractivity contribution in [2.24, 2.45) is 0 Å². The normalized spacial score (nSPS) is 10.5. The molecule has 0 fully saturated rings. The Hall–Kier alpha value is -3.01. The maximum atomic E-state index is 11.6. The number of hydrogen-bond donors (Lipinski definition) is 1.